The topological polar surface area (TPSA) is 25.8 Å². The highest BCUT2D eigenvalue weighted by Gasteiger charge is 1.92. The van der Waals surface area contributed by atoms with Gasteiger partial charge in [0.05, 0.1) is 0 Å². The van der Waals surface area contributed by atoms with Crippen LogP contribution in [0.25, 0.3) is 10.8 Å². The zero-order chi connectivity index (χ0) is 7.68. The molecule has 2 rings (SSSR count). The first kappa shape index (κ1) is 6.97. The molecule has 0 aromatic carbocycles. The SMILES string of the molecule is Ic1cc2ccncc2cn1. The Kier molecular flexibility index (Phi) is 1.73. The molecule has 0 aliphatic rings. The van der Waals surface area contributed by atoms with E-state index in [1.54, 1.807) is 6.20 Å². The molecule has 0 aliphatic heterocycles. The Morgan fingerprint density at radius 3 is 3.00 bits per heavy atom. The van der Waals surface area contributed by atoms with E-state index in [0.717, 1.165) is 9.09 Å². The summed E-state index contributed by atoms with van der Waals surface area (Å²) in [5, 5.41) is 2.28. The predicted molar refractivity (Wildman–Crippen MR) is 52.3 cm³/mol. The molecule has 0 radical (unpaired) electrons. The van der Waals surface area contributed by atoms with E-state index < -0.39 is 0 Å². The molecule has 0 saturated heterocycles. The molecule has 0 aliphatic carbocycles. The molecule has 0 unspecified atom stereocenters. The molecule has 0 saturated carbocycles. The van der Waals surface area contributed by atoms with Crippen LogP contribution < -0.4 is 0 Å². The number of pyridine rings is 2. The summed E-state index contributed by atoms with van der Waals surface area (Å²) in [4.78, 5) is 8.15. The second-order valence-electron chi connectivity index (χ2n) is 2.23. The van der Waals surface area contributed by atoms with Crippen LogP contribution in [-0.2, 0) is 0 Å². The van der Waals surface area contributed by atoms with Crippen molar-refractivity contribution in [2.75, 3.05) is 0 Å². The van der Waals surface area contributed by atoms with Gasteiger partial charge in [-0.15, -0.1) is 0 Å². The lowest BCUT2D eigenvalue weighted by Gasteiger charge is -1.94. The normalized spacial score (nSPS) is 10.3. The molecule has 0 amide bonds. The number of hydrogen-bond acceptors (Lipinski definition) is 2. The fourth-order valence-corrected chi connectivity index (χ4v) is 1.43. The maximum atomic E-state index is 4.15. The molecule has 0 fully saturated rings. The average molecular weight is 256 g/mol. The first-order valence-corrected chi connectivity index (χ1v) is 4.29. The number of aromatic nitrogens is 2. The van der Waals surface area contributed by atoms with Crippen molar-refractivity contribution >= 4 is 33.4 Å². The molecule has 0 bridgehead atoms. The number of fused-ring (bicyclic) bond motifs is 1. The van der Waals surface area contributed by atoms with Crippen LogP contribution in [0.3, 0.4) is 0 Å². The lowest BCUT2D eigenvalue weighted by atomic mass is 10.2. The summed E-state index contributed by atoms with van der Waals surface area (Å²) in [6.45, 7) is 0. The second-order valence-corrected chi connectivity index (χ2v) is 3.34. The van der Waals surface area contributed by atoms with Crippen LogP contribution in [-0.4, -0.2) is 9.97 Å². The van der Waals surface area contributed by atoms with Crippen molar-refractivity contribution in [2.45, 2.75) is 0 Å². The Bertz CT molecular complexity index is 387. The zero-order valence-electron chi connectivity index (χ0n) is 5.66. The highest BCUT2D eigenvalue weighted by molar-refractivity contribution is 14.1. The third kappa shape index (κ3) is 1.33. The van der Waals surface area contributed by atoms with Gasteiger partial charge in [-0.05, 0) is 40.1 Å². The summed E-state index contributed by atoms with van der Waals surface area (Å²) in [6.07, 6.45) is 5.45. The van der Waals surface area contributed by atoms with Crippen molar-refractivity contribution in [1.82, 2.24) is 9.97 Å². The molecule has 3 heteroatoms. The van der Waals surface area contributed by atoms with E-state index in [-0.39, 0.29) is 0 Å². The van der Waals surface area contributed by atoms with E-state index in [4.69, 9.17) is 0 Å². The number of halogens is 1. The summed E-state index contributed by atoms with van der Waals surface area (Å²) in [5.41, 5.74) is 0. The smallest absolute Gasteiger partial charge is 0.101 e. The quantitative estimate of drug-likeness (QED) is 0.533. The molecular formula is C8H5IN2. The third-order valence-corrected chi connectivity index (χ3v) is 2.08. The fraction of sp³-hybridized carbons (Fsp3) is 0. The first-order chi connectivity index (χ1) is 5.36. The minimum absolute atomic E-state index is 1.02. The van der Waals surface area contributed by atoms with E-state index in [0.29, 0.717) is 0 Å². The lowest BCUT2D eigenvalue weighted by Crippen LogP contribution is -1.80. The van der Waals surface area contributed by atoms with E-state index in [1.165, 1.54) is 5.39 Å². The molecule has 2 nitrogen and oxygen atoms in total. The van der Waals surface area contributed by atoms with Gasteiger partial charge >= 0.3 is 0 Å². The molecule has 54 valence electrons. The van der Waals surface area contributed by atoms with Crippen LogP contribution in [0.2, 0.25) is 0 Å². The second kappa shape index (κ2) is 2.73. The standard InChI is InChI=1S/C8H5IN2/c9-8-3-6-1-2-10-4-7(6)5-11-8/h1-5H. The highest BCUT2D eigenvalue weighted by Crippen LogP contribution is 2.12. The minimum atomic E-state index is 1.02. The average Bonchev–Trinajstić information content (AvgIpc) is 2.04. The maximum absolute atomic E-state index is 4.15. The van der Waals surface area contributed by atoms with E-state index >= 15 is 0 Å². The minimum Gasteiger partial charge on any atom is -0.264 e. The van der Waals surface area contributed by atoms with Crippen LogP contribution in [0.5, 0.6) is 0 Å². The van der Waals surface area contributed by atoms with Crippen molar-refractivity contribution in [3.63, 3.8) is 0 Å². The monoisotopic (exact) mass is 256 g/mol. The molecule has 2 aromatic heterocycles. The summed E-state index contributed by atoms with van der Waals surface area (Å²) < 4.78 is 1.02. The lowest BCUT2D eigenvalue weighted by molar-refractivity contribution is 1.28. The van der Waals surface area contributed by atoms with Gasteiger partial charge in [0.1, 0.15) is 3.70 Å². The largest absolute Gasteiger partial charge is 0.264 e. The molecular weight excluding hydrogens is 251 g/mol. The summed E-state index contributed by atoms with van der Waals surface area (Å²) in [7, 11) is 0. The van der Waals surface area contributed by atoms with Crippen LogP contribution in [0.15, 0.2) is 30.7 Å². The predicted octanol–water partition coefficient (Wildman–Crippen LogP) is 2.23. The number of nitrogens with zero attached hydrogens (tertiary/aromatic N) is 2. The molecule has 0 spiro atoms. The third-order valence-electron chi connectivity index (χ3n) is 1.49. The maximum Gasteiger partial charge on any atom is 0.101 e. The molecule has 11 heavy (non-hydrogen) atoms. The van der Waals surface area contributed by atoms with Gasteiger partial charge < -0.3 is 0 Å². The zero-order valence-corrected chi connectivity index (χ0v) is 7.82. The van der Waals surface area contributed by atoms with Crippen LogP contribution in [0, 0.1) is 3.70 Å². The summed E-state index contributed by atoms with van der Waals surface area (Å²) in [6, 6.07) is 4.02. The number of hydrogen-bond donors (Lipinski definition) is 0. The van der Waals surface area contributed by atoms with Gasteiger partial charge in [-0.25, -0.2) is 4.98 Å². The fourth-order valence-electron chi connectivity index (χ4n) is 0.954. The number of rotatable bonds is 0. The van der Waals surface area contributed by atoms with Gasteiger partial charge in [0.2, 0.25) is 0 Å². The highest BCUT2D eigenvalue weighted by atomic mass is 127. The Labute approximate surface area is 77.8 Å². The molecule has 0 N–H and O–H groups in total. The van der Waals surface area contributed by atoms with Crippen LogP contribution in [0.4, 0.5) is 0 Å². The summed E-state index contributed by atoms with van der Waals surface area (Å²) >= 11 is 2.20. The van der Waals surface area contributed by atoms with Crippen molar-refractivity contribution in [3.8, 4) is 0 Å². The van der Waals surface area contributed by atoms with E-state index in [1.807, 2.05) is 24.5 Å². The van der Waals surface area contributed by atoms with Gasteiger partial charge in [0, 0.05) is 24.0 Å². The Morgan fingerprint density at radius 1 is 1.18 bits per heavy atom. The Morgan fingerprint density at radius 2 is 2.09 bits per heavy atom. The molecule has 0 atom stereocenters. The van der Waals surface area contributed by atoms with Crippen molar-refractivity contribution in [3.05, 3.63) is 34.4 Å². The van der Waals surface area contributed by atoms with Gasteiger partial charge in [-0.1, -0.05) is 0 Å². The van der Waals surface area contributed by atoms with E-state index in [9.17, 15) is 0 Å². The first-order valence-electron chi connectivity index (χ1n) is 3.21. The van der Waals surface area contributed by atoms with Gasteiger partial charge in [-0.3, -0.25) is 4.98 Å². The van der Waals surface area contributed by atoms with Crippen LogP contribution in [0.1, 0.15) is 0 Å². The van der Waals surface area contributed by atoms with E-state index in [2.05, 4.69) is 32.6 Å². The van der Waals surface area contributed by atoms with Crippen LogP contribution >= 0.6 is 22.6 Å². The summed E-state index contributed by atoms with van der Waals surface area (Å²) in [5.74, 6) is 0. The van der Waals surface area contributed by atoms with Crippen molar-refractivity contribution in [1.29, 1.82) is 0 Å². The van der Waals surface area contributed by atoms with Gasteiger partial charge in [0.25, 0.3) is 0 Å². The molecule has 2 heterocycles. The Hall–Kier alpha value is -0.710. The van der Waals surface area contributed by atoms with Crippen molar-refractivity contribution < 1.29 is 0 Å². The van der Waals surface area contributed by atoms with Gasteiger partial charge in [0.15, 0.2) is 0 Å². The van der Waals surface area contributed by atoms with Crippen molar-refractivity contribution in [2.24, 2.45) is 0 Å². The van der Waals surface area contributed by atoms with Gasteiger partial charge in [-0.2, -0.15) is 0 Å². The molecule has 2 aromatic rings. The Balaban J connectivity index is 2.83.